The summed E-state index contributed by atoms with van der Waals surface area (Å²) < 4.78 is 5.27. The van der Waals surface area contributed by atoms with E-state index in [-0.39, 0.29) is 5.69 Å². The zero-order valence-corrected chi connectivity index (χ0v) is 12.2. The summed E-state index contributed by atoms with van der Waals surface area (Å²) in [5, 5.41) is 6.04. The number of aromatic amines is 2. The summed E-state index contributed by atoms with van der Waals surface area (Å²) in [6, 6.07) is 9.50. The van der Waals surface area contributed by atoms with Crippen LogP contribution in [0.5, 0.6) is 0 Å². The Hall–Kier alpha value is -2.80. The third-order valence-corrected chi connectivity index (χ3v) is 4.11. The molecule has 3 aromatic heterocycles. The molecule has 0 aliphatic carbocycles. The normalized spacial score (nSPS) is 11.1. The number of imidazole rings is 1. The highest BCUT2D eigenvalue weighted by Crippen LogP contribution is 2.26. The largest absolute Gasteiger partial charge is 0.467 e. The number of hydrogen-bond acceptors (Lipinski definition) is 5. The molecule has 4 aromatic rings. The average Bonchev–Trinajstić information content (AvgIpc) is 3.24. The Bertz CT molecular complexity index is 965. The van der Waals surface area contributed by atoms with Gasteiger partial charge in [-0.05, 0) is 24.3 Å². The van der Waals surface area contributed by atoms with E-state index in [4.69, 9.17) is 4.42 Å². The first kappa shape index (κ1) is 12.9. The minimum absolute atomic E-state index is 0.203. The van der Waals surface area contributed by atoms with Crippen LogP contribution in [0.2, 0.25) is 0 Å². The van der Waals surface area contributed by atoms with E-state index in [0.29, 0.717) is 6.54 Å². The predicted octanol–water partition coefficient (Wildman–Crippen LogP) is 3.18. The van der Waals surface area contributed by atoms with E-state index in [9.17, 15) is 4.79 Å². The lowest BCUT2D eigenvalue weighted by molar-refractivity contribution is 0.518. The highest BCUT2D eigenvalue weighted by Gasteiger charge is 2.07. The smallest absolute Gasteiger partial charge is 0.323 e. The van der Waals surface area contributed by atoms with Crippen molar-refractivity contribution in [3.8, 4) is 11.3 Å². The number of aromatic nitrogens is 3. The lowest BCUT2D eigenvalue weighted by Gasteiger charge is -1.99. The number of hydrogen-bond donors (Lipinski definition) is 3. The van der Waals surface area contributed by atoms with Crippen molar-refractivity contribution in [3.05, 3.63) is 58.2 Å². The third kappa shape index (κ3) is 2.42. The maximum absolute atomic E-state index is 11.3. The number of H-pyrrole nitrogens is 2. The first-order valence-electron chi connectivity index (χ1n) is 6.72. The molecule has 22 heavy (non-hydrogen) atoms. The van der Waals surface area contributed by atoms with Crippen molar-refractivity contribution in [1.82, 2.24) is 15.0 Å². The van der Waals surface area contributed by atoms with Gasteiger partial charge in [-0.1, -0.05) is 6.07 Å². The molecular formula is C15H12N4O2S. The zero-order valence-electron chi connectivity index (χ0n) is 11.4. The van der Waals surface area contributed by atoms with Crippen LogP contribution >= 0.6 is 11.3 Å². The van der Waals surface area contributed by atoms with E-state index in [0.717, 1.165) is 33.2 Å². The van der Waals surface area contributed by atoms with Gasteiger partial charge < -0.3 is 19.7 Å². The van der Waals surface area contributed by atoms with Crippen LogP contribution in [-0.2, 0) is 6.54 Å². The second-order valence-corrected chi connectivity index (χ2v) is 5.67. The van der Waals surface area contributed by atoms with Gasteiger partial charge >= 0.3 is 5.69 Å². The number of thiazole rings is 1. The molecule has 0 saturated carbocycles. The number of rotatable bonds is 4. The Balaban J connectivity index is 1.57. The van der Waals surface area contributed by atoms with E-state index in [2.05, 4.69) is 20.3 Å². The van der Waals surface area contributed by atoms with Gasteiger partial charge in [0.25, 0.3) is 0 Å². The van der Waals surface area contributed by atoms with Gasteiger partial charge in [0.1, 0.15) is 5.76 Å². The topological polar surface area (TPSA) is 86.7 Å². The Kier molecular flexibility index (Phi) is 3.05. The van der Waals surface area contributed by atoms with Crippen LogP contribution in [-0.4, -0.2) is 15.0 Å². The molecule has 0 atom stereocenters. The molecule has 0 fully saturated rings. The molecule has 0 radical (unpaired) electrons. The monoisotopic (exact) mass is 312 g/mol. The fraction of sp³-hybridized carbons (Fsp3) is 0.0667. The van der Waals surface area contributed by atoms with Crippen molar-refractivity contribution < 1.29 is 4.42 Å². The van der Waals surface area contributed by atoms with Gasteiger partial charge in [-0.2, -0.15) is 0 Å². The summed E-state index contributed by atoms with van der Waals surface area (Å²) in [5.41, 5.74) is 3.20. The van der Waals surface area contributed by atoms with Crippen LogP contribution in [0.15, 0.2) is 51.2 Å². The van der Waals surface area contributed by atoms with Crippen LogP contribution in [0.3, 0.4) is 0 Å². The molecule has 0 bridgehead atoms. The minimum atomic E-state index is -0.203. The Morgan fingerprint density at radius 2 is 2.14 bits per heavy atom. The van der Waals surface area contributed by atoms with Crippen LogP contribution in [0, 0.1) is 0 Å². The van der Waals surface area contributed by atoms with E-state index in [1.807, 2.05) is 35.7 Å². The molecule has 1 aromatic carbocycles. The molecule has 0 spiro atoms. The Morgan fingerprint density at radius 3 is 3.00 bits per heavy atom. The highest BCUT2D eigenvalue weighted by molar-refractivity contribution is 7.14. The summed E-state index contributed by atoms with van der Waals surface area (Å²) in [6.07, 6.45) is 1.65. The van der Waals surface area contributed by atoms with Gasteiger partial charge in [0, 0.05) is 10.9 Å². The van der Waals surface area contributed by atoms with E-state index < -0.39 is 0 Å². The molecule has 0 aliphatic rings. The lowest BCUT2D eigenvalue weighted by Crippen LogP contribution is -1.99. The SMILES string of the molecule is O=c1[nH]c2ccc(-c3csc(NCc4ccco4)n3)cc2[nH]1. The summed E-state index contributed by atoms with van der Waals surface area (Å²) in [6.45, 7) is 0.601. The maximum atomic E-state index is 11.3. The zero-order chi connectivity index (χ0) is 14.9. The van der Waals surface area contributed by atoms with Crippen molar-refractivity contribution in [3.63, 3.8) is 0 Å². The molecule has 3 N–H and O–H groups in total. The predicted molar refractivity (Wildman–Crippen MR) is 86.1 cm³/mol. The number of furan rings is 1. The molecule has 0 unspecified atom stereocenters. The van der Waals surface area contributed by atoms with Gasteiger partial charge in [-0.15, -0.1) is 11.3 Å². The summed E-state index contributed by atoms with van der Waals surface area (Å²) in [7, 11) is 0. The molecule has 0 saturated heterocycles. The van der Waals surface area contributed by atoms with E-state index in [1.165, 1.54) is 11.3 Å². The minimum Gasteiger partial charge on any atom is -0.467 e. The van der Waals surface area contributed by atoms with Gasteiger partial charge in [0.15, 0.2) is 5.13 Å². The van der Waals surface area contributed by atoms with Crippen LogP contribution < -0.4 is 11.0 Å². The van der Waals surface area contributed by atoms with Crippen molar-refractivity contribution in [2.24, 2.45) is 0 Å². The van der Waals surface area contributed by atoms with Crippen molar-refractivity contribution in [1.29, 1.82) is 0 Å². The highest BCUT2D eigenvalue weighted by atomic mass is 32.1. The second kappa shape index (κ2) is 5.19. The second-order valence-electron chi connectivity index (χ2n) is 4.81. The summed E-state index contributed by atoms with van der Waals surface area (Å²) >= 11 is 1.53. The maximum Gasteiger partial charge on any atom is 0.323 e. The fourth-order valence-corrected chi connectivity index (χ4v) is 2.97. The van der Waals surface area contributed by atoms with Gasteiger partial charge in [0.05, 0.1) is 29.5 Å². The lowest BCUT2D eigenvalue weighted by atomic mass is 10.1. The number of nitrogens with zero attached hydrogens (tertiary/aromatic N) is 1. The standard InChI is InChI=1S/C15H12N4O2S/c20-14-17-11-4-3-9(6-12(11)18-14)13-8-22-15(19-13)16-7-10-2-1-5-21-10/h1-6,8H,7H2,(H,16,19)(H2,17,18,20). The first-order valence-corrected chi connectivity index (χ1v) is 7.60. The molecular weight excluding hydrogens is 300 g/mol. The summed E-state index contributed by atoms with van der Waals surface area (Å²) in [4.78, 5) is 21.3. The third-order valence-electron chi connectivity index (χ3n) is 3.31. The van der Waals surface area contributed by atoms with Gasteiger partial charge in [-0.3, -0.25) is 0 Å². The van der Waals surface area contributed by atoms with Crippen molar-refractivity contribution in [2.45, 2.75) is 6.54 Å². The molecule has 0 aliphatic heterocycles. The molecule has 4 rings (SSSR count). The first-order chi connectivity index (χ1) is 10.8. The van der Waals surface area contributed by atoms with Crippen molar-refractivity contribution in [2.75, 3.05) is 5.32 Å². The number of fused-ring (bicyclic) bond motifs is 1. The fourth-order valence-electron chi connectivity index (χ4n) is 2.26. The number of benzene rings is 1. The molecule has 6 nitrogen and oxygen atoms in total. The average molecular weight is 312 g/mol. The molecule has 110 valence electrons. The molecule has 3 heterocycles. The Labute approximate surface area is 128 Å². The van der Waals surface area contributed by atoms with Gasteiger partial charge in [-0.25, -0.2) is 9.78 Å². The van der Waals surface area contributed by atoms with Crippen LogP contribution in [0.25, 0.3) is 22.3 Å². The number of anilines is 1. The quantitative estimate of drug-likeness (QED) is 0.540. The van der Waals surface area contributed by atoms with Crippen LogP contribution in [0.4, 0.5) is 5.13 Å². The number of nitrogens with one attached hydrogen (secondary N) is 3. The van der Waals surface area contributed by atoms with Crippen LogP contribution in [0.1, 0.15) is 5.76 Å². The molecule has 7 heteroatoms. The van der Waals surface area contributed by atoms with Gasteiger partial charge in [0.2, 0.25) is 0 Å². The van der Waals surface area contributed by atoms with Crippen molar-refractivity contribution >= 4 is 27.5 Å². The summed E-state index contributed by atoms with van der Waals surface area (Å²) in [5.74, 6) is 0.864. The van der Waals surface area contributed by atoms with E-state index >= 15 is 0 Å². The Morgan fingerprint density at radius 1 is 1.23 bits per heavy atom. The van der Waals surface area contributed by atoms with E-state index in [1.54, 1.807) is 6.26 Å². The molecule has 0 amide bonds.